The molecular formula is C25H45N3O4. The van der Waals surface area contributed by atoms with Crippen LogP contribution in [0.25, 0.3) is 0 Å². The van der Waals surface area contributed by atoms with E-state index >= 15 is 0 Å². The van der Waals surface area contributed by atoms with Crippen LogP contribution in [0.2, 0.25) is 0 Å². The fourth-order valence-electron chi connectivity index (χ4n) is 4.31. The maximum Gasteiger partial charge on any atom is 0.409 e. The number of carbonyl (C=O) groups excluding carboxylic acids is 3. The maximum absolute atomic E-state index is 13.3. The lowest BCUT2D eigenvalue weighted by molar-refractivity contribution is -0.129. The highest BCUT2D eigenvalue weighted by molar-refractivity contribution is 5.93. The van der Waals surface area contributed by atoms with Crippen molar-refractivity contribution in [2.24, 2.45) is 5.92 Å². The monoisotopic (exact) mass is 451 g/mol. The molecule has 184 valence electrons. The van der Waals surface area contributed by atoms with E-state index < -0.39 is 17.2 Å². The lowest BCUT2D eigenvalue weighted by atomic mass is 9.85. The third-order valence-electron chi connectivity index (χ3n) is 6.06. The second-order valence-electron chi connectivity index (χ2n) is 10.1. The minimum atomic E-state index is -1.06. The molecule has 0 fully saturated rings. The van der Waals surface area contributed by atoms with Crippen molar-refractivity contribution in [3.63, 3.8) is 0 Å². The van der Waals surface area contributed by atoms with Crippen molar-refractivity contribution in [1.29, 1.82) is 0 Å². The first-order valence-electron chi connectivity index (χ1n) is 12.0. The fraction of sp³-hybridized carbons (Fsp3) is 0.800. The van der Waals surface area contributed by atoms with Crippen molar-refractivity contribution >= 4 is 17.7 Å². The predicted molar refractivity (Wildman–Crippen MR) is 129 cm³/mol. The molecule has 7 heteroatoms. The molecule has 0 saturated carbocycles. The molecule has 1 rings (SSSR count). The van der Waals surface area contributed by atoms with E-state index in [9.17, 15) is 14.4 Å². The van der Waals surface area contributed by atoms with Gasteiger partial charge in [0.1, 0.15) is 6.61 Å². The molecule has 2 atom stereocenters. The molecule has 1 amide bonds. The number of carbonyl (C=O) groups is 3. The van der Waals surface area contributed by atoms with Crippen LogP contribution in [-0.4, -0.2) is 66.4 Å². The molecule has 0 unspecified atom stereocenters. The quantitative estimate of drug-likeness (QED) is 0.631. The van der Waals surface area contributed by atoms with Crippen molar-refractivity contribution in [1.82, 2.24) is 15.5 Å². The number of cyclic esters (lactones) is 1. The Kier molecular flexibility index (Phi) is 11.6. The lowest BCUT2D eigenvalue weighted by Crippen LogP contribution is -2.62. The van der Waals surface area contributed by atoms with Gasteiger partial charge in [0.2, 0.25) is 0 Å². The molecule has 0 spiro atoms. The van der Waals surface area contributed by atoms with Gasteiger partial charge in [0, 0.05) is 25.6 Å². The topological polar surface area (TPSA) is 87.7 Å². The maximum atomic E-state index is 13.3. The van der Waals surface area contributed by atoms with Crippen LogP contribution in [0.5, 0.6) is 0 Å². The van der Waals surface area contributed by atoms with Crippen LogP contribution in [0, 0.1) is 5.92 Å². The van der Waals surface area contributed by atoms with Gasteiger partial charge in [0.15, 0.2) is 11.6 Å². The summed E-state index contributed by atoms with van der Waals surface area (Å²) in [5.74, 6) is -0.256. The Morgan fingerprint density at radius 1 is 1.09 bits per heavy atom. The summed E-state index contributed by atoms with van der Waals surface area (Å²) in [6.45, 7) is 11.8. The summed E-state index contributed by atoms with van der Waals surface area (Å²) in [5.41, 5.74) is -1.73. The standard InChI is InChI=1S/C25H45N3O4/c1-19(2)22(30)25(6)18-28(7)23(31)32-16-14-12-10-8-9-11-13-15-24(5,27-20(3)4)21(29)17-26-25/h12,14,19-20,26-27H,8-11,13,15-18H2,1-7H3/t24-,25+/m1/s1. The Morgan fingerprint density at radius 3 is 2.38 bits per heavy atom. The number of ether oxygens (including phenoxy) is 1. The van der Waals surface area contributed by atoms with Crippen LogP contribution in [-0.2, 0) is 14.3 Å². The number of Topliss-reactive ketones (excluding diaryl/α,β-unsaturated/α-hetero) is 2. The highest BCUT2D eigenvalue weighted by Gasteiger charge is 2.39. The molecular weight excluding hydrogens is 406 g/mol. The van der Waals surface area contributed by atoms with E-state index in [1.54, 1.807) is 14.0 Å². The highest BCUT2D eigenvalue weighted by Crippen LogP contribution is 2.20. The largest absolute Gasteiger partial charge is 0.445 e. The summed E-state index contributed by atoms with van der Waals surface area (Å²) in [4.78, 5) is 40.2. The van der Waals surface area contributed by atoms with E-state index in [-0.39, 0.29) is 43.2 Å². The average molecular weight is 452 g/mol. The number of amides is 1. The van der Waals surface area contributed by atoms with Crippen molar-refractivity contribution in [3.05, 3.63) is 12.2 Å². The normalized spacial score (nSPS) is 27.8. The van der Waals surface area contributed by atoms with Crippen molar-refractivity contribution in [2.45, 2.75) is 97.2 Å². The summed E-state index contributed by atoms with van der Waals surface area (Å²) >= 11 is 0. The summed E-state index contributed by atoms with van der Waals surface area (Å²) in [5, 5.41) is 6.66. The van der Waals surface area contributed by atoms with Gasteiger partial charge in [0.25, 0.3) is 0 Å². The number of hydrogen-bond acceptors (Lipinski definition) is 6. The molecule has 0 aliphatic carbocycles. The van der Waals surface area contributed by atoms with Crippen LogP contribution < -0.4 is 10.6 Å². The number of ketones is 2. The minimum Gasteiger partial charge on any atom is -0.445 e. The van der Waals surface area contributed by atoms with Crippen molar-refractivity contribution < 1.29 is 19.1 Å². The highest BCUT2D eigenvalue weighted by atomic mass is 16.6. The van der Waals surface area contributed by atoms with Gasteiger partial charge in [-0.15, -0.1) is 0 Å². The zero-order valence-electron chi connectivity index (χ0n) is 21.3. The van der Waals surface area contributed by atoms with Gasteiger partial charge in [-0.05, 0) is 47.0 Å². The first kappa shape index (κ1) is 28.3. The molecule has 1 heterocycles. The van der Waals surface area contributed by atoms with Gasteiger partial charge in [-0.2, -0.15) is 0 Å². The number of rotatable bonds is 4. The van der Waals surface area contributed by atoms with Crippen molar-refractivity contribution in [3.8, 4) is 0 Å². The predicted octanol–water partition coefficient (Wildman–Crippen LogP) is 3.86. The molecule has 1 aliphatic heterocycles. The van der Waals surface area contributed by atoms with E-state index in [1.165, 1.54) is 4.90 Å². The second kappa shape index (κ2) is 13.1. The summed E-state index contributed by atoms with van der Waals surface area (Å²) in [6, 6.07) is 0.163. The smallest absolute Gasteiger partial charge is 0.409 e. The Morgan fingerprint density at radius 2 is 1.75 bits per heavy atom. The number of allylic oxidation sites excluding steroid dienone is 1. The SMILES string of the molecule is CC(C)N[C@]1(C)CCCCCCC=CCOC(=O)N(C)C[C@@](C)(C(=O)C(C)C)NCC1=O. The van der Waals surface area contributed by atoms with Gasteiger partial charge in [-0.1, -0.05) is 45.3 Å². The third-order valence-corrected chi connectivity index (χ3v) is 6.06. The minimum absolute atomic E-state index is 0.0308. The van der Waals surface area contributed by atoms with E-state index in [1.807, 2.05) is 46.8 Å². The van der Waals surface area contributed by atoms with Gasteiger partial charge in [-0.3, -0.25) is 14.9 Å². The molecule has 0 aromatic heterocycles. The Hall–Kier alpha value is -1.73. The third kappa shape index (κ3) is 9.02. The number of likely N-dealkylation sites (N-methyl/N-ethyl adjacent to an activating group) is 1. The van der Waals surface area contributed by atoms with Gasteiger partial charge >= 0.3 is 6.09 Å². The first-order chi connectivity index (χ1) is 14.9. The van der Waals surface area contributed by atoms with Gasteiger partial charge in [-0.25, -0.2) is 4.79 Å². The molecule has 7 nitrogen and oxygen atoms in total. The van der Waals surface area contributed by atoms with E-state index in [0.29, 0.717) is 0 Å². The first-order valence-corrected chi connectivity index (χ1v) is 12.0. The summed E-state index contributed by atoms with van der Waals surface area (Å²) < 4.78 is 5.32. The summed E-state index contributed by atoms with van der Waals surface area (Å²) in [7, 11) is 1.62. The Balaban J connectivity index is 3.13. The van der Waals surface area contributed by atoms with Crippen LogP contribution in [0.15, 0.2) is 12.2 Å². The second-order valence-corrected chi connectivity index (χ2v) is 10.1. The lowest BCUT2D eigenvalue weighted by Gasteiger charge is -2.37. The fourth-order valence-corrected chi connectivity index (χ4v) is 4.31. The van der Waals surface area contributed by atoms with E-state index in [0.717, 1.165) is 38.5 Å². The molecule has 0 aromatic rings. The molecule has 0 aromatic carbocycles. The zero-order chi connectivity index (χ0) is 24.4. The van der Waals surface area contributed by atoms with Gasteiger partial charge in [0.05, 0.1) is 17.6 Å². The molecule has 32 heavy (non-hydrogen) atoms. The van der Waals surface area contributed by atoms with E-state index in [2.05, 4.69) is 10.6 Å². The Labute approximate surface area is 194 Å². The molecule has 2 N–H and O–H groups in total. The molecule has 0 saturated heterocycles. The van der Waals surface area contributed by atoms with Crippen LogP contribution in [0.1, 0.15) is 80.1 Å². The van der Waals surface area contributed by atoms with E-state index in [4.69, 9.17) is 4.74 Å². The number of nitrogens with one attached hydrogen (secondary N) is 2. The molecule has 0 bridgehead atoms. The number of hydrogen-bond donors (Lipinski definition) is 2. The average Bonchev–Trinajstić information content (AvgIpc) is 2.71. The molecule has 0 radical (unpaired) electrons. The van der Waals surface area contributed by atoms with Gasteiger partial charge < -0.3 is 15.0 Å². The van der Waals surface area contributed by atoms with Crippen LogP contribution in [0.3, 0.4) is 0 Å². The van der Waals surface area contributed by atoms with Crippen LogP contribution in [0.4, 0.5) is 4.79 Å². The van der Waals surface area contributed by atoms with Crippen molar-refractivity contribution in [2.75, 3.05) is 26.7 Å². The summed E-state index contributed by atoms with van der Waals surface area (Å²) in [6.07, 6.45) is 9.31. The van der Waals surface area contributed by atoms with Crippen LogP contribution >= 0.6 is 0 Å². The molecule has 1 aliphatic rings. The number of nitrogens with zero attached hydrogens (tertiary/aromatic N) is 1. The Bertz CT molecular complexity index is 662. The zero-order valence-corrected chi connectivity index (χ0v) is 21.3.